The van der Waals surface area contributed by atoms with E-state index in [1.807, 2.05) is 0 Å². The molecule has 1 aliphatic rings. The third-order valence-electron chi connectivity index (χ3n) is 2.30. The molecule has 0 atom stereocenters. The third kappa shape index (κ3) is 2.57. The van der Waals surface area contributed by atoms with Crippen molar-refractivity contribution in [3.05, 3.63) is 23.8 Å². The number of anilines is 1. The minimum atomic E-state index is -0.621. The molecule has 1 aromatic rings. The average molecular weight is 249 g/mol. The van der Waals surface area contributed by atoms with Crippen molar-refractivity contribution < 1.29 is 19.1 Å². The van der Waals surface area contributed by atoms with Crippen molar-refractivity contribution in [1.82, 2.24) is 5.32 Å². The lowest BCUT2D eigenvalue weighted by atomic mass is 10.1. The van der Waals surface area contributed by atoms with Crippen molar-refractivity contribution in [2.45, 2.75) is 0 Å². The van der Waals surface area contributed by atoms with Crippen LogP contribution in [-0.4, -0.2) is 30.9 Å². The van der Waals surface area contributed by atoms with E-state index in [-0.39, 0.29) is 19.1 Å². The van der Waals surface area contributed by atoms with Gasteiger partial charge in [-0.3, -0.25) is 14.4 Å². The third-order valence-corrected chi connectivity index (χ3v) is 2.30. The first kappa shape index (κ1) is 11.9. The van der Waals surface area contributed by atoms with Gasteiger partial charge in [0.2, 0.25) is 5.91 Å². The van der Waals surface area contributed by atoms with Crippen molar-refractivity contribution in [2.75, 3.05) is 18.5 Å². The quantitative estimate of drug-likeness (QED) is 0.653. The van der Waals surface area contributed by atoms with Gasteiger partial charge in [-0.2, -0.15) is 0 Å². The molecule has 0 saturated heterocycles. The van der Waals surface area contributed by atoms with Crippen molar-refractivity contribution in [3.8, 4) is 5.75 Å². The number of carbonyl (C=O) groups excluding carboxylic acids is 3. The van der Waals surface area contributed by atoms with Crippen LogP contribution in [0, 0.1) is 0 Å². The zero-order chi connectivity index (χ0) is 13.1. The highest BCUT2D eigenvalue weighted by Crippen LogP contribution is 2.28. The Morgan fingerprint density at radius 1 is 1.44 bits per heavy atom. The minimum absolute atomic E-state index is 0.0840. The van der Waals surface area contributed by atoms with Gasteiger partial charge in [-0.25, -0.2) is 0 Å². The monoisotopic (exact) mass is 249 g/mol. The minimum Gasteiger partial charge on any atom is -0.482 e. The summed E-state index contributed by atoms with van der Waals surface area (Å²) >= 11 is 0. The van der Waals surface area contributed by atoms with Gasteiger partial charge in [-0.05, 0) is 18.2 Å². The maximum atomic E-state index is 11.6. The summed E-state index contributed by atoms with van der Waals surface area (Å²) in [7, 11) is 0. The van der Waals surface area contributed by atoms with Gasteiger partial charge in [0, 0.05) is 5.56 Å². The second kappa shape index (κ2) is 4.74. The van der Waals surface area contributed by atoms with Crippen molar-refractivity contribution >= 4 is 23.4 Å². The van der Waals surface area contributed by atoms with Crippen LogP contribution in [0.25, 0.3) is 0 Å². The Hall–Kier alpha value is -2.57. The Labute approximate surface area is 102 Å². The largest absolute Gasteiger partial charge is 0.482 e. The number of ether oxygens (including phenoxy) is 1. The summed E-state index contributed by atoms with van der Waals surface area (Å²) in [5.41, 5.74) is 5.76. The van der Waals surface area contributed by atoms with Gasteiger partial charge in [0.05, 0.1) is 12.2 Å². The molecule has 3 amide bonds. The van der Waals surface area contributed by atoms with E-state index < -0.39 is 11.8 Å². The number of benzene rings is 1. The summed E-state index contributed by atoms with van der Waals surface area (Å²) in [6.07, 6.45) is 0. The van der Waals surface area contributed by atoms with Gasteiger partial charge in [0.25, 0.3) is 11.8 Å². The molecule has 2 rings (SSSR count). The molecular formula is C11H11N3O4. The first-order chi connectivity index (χ1) is 8.56. The molecule has 4 N–H and O–H groups in total. The molecule has 0 saturated carbocycles. The summed E-state index contributed by atoms with van der Waals surface area (Å²) in [5.74, 6) is -0.878. The summed E-state index contributed by atoms with van der Waals surface area (Å²) in [6, 6.07) is 4.57. The standard InChI is InChI=1S/C11H11N3O4/c12-9(15)4-13-11(17)6-1-2-7-8(3-6)18-5-10(16)14-7/h1-3H,4-5H2,(H2,12,15)(H,13,17)(H,14,16). The molecule has 0 spiro atoms. The first-order valence-corrected chi connectivity index (χ1v) is 5.19. The number of hydrogen-bond donors (Lipinski definition) is 3. The molecule has 1 aromatic carbocycles. The number of hydrogen-bond acceptors (Lipinski definition) is 4. The Balaban J connectivity index is 2.13. The average Bonchev–Trinajstić information content (AvgIpc) is 2.35. The molecule has 0 aromatic heterocycles. The van der Waals surface area contributed by atoms with E-state index >= 15 is 0 Å². The summed E-state index contributed by atoms with van der Waals surface area (Å²) in [5, 5.41) is 4.96. The maximum Gasteiger partial charge on any atom is 0.262 e. The van der Waals surface area contributed by atoms with Gasteiger partial charge < -0.3 is 21.1 Å². The topological polar surface area (TPSA) is 111 Å². The Morgan fingerprint density at radius 2 is 2.22 bits per heavy atom. The van der Waals surface area contributed by atoms with Crippen molar-refractivity contribution in [3.63, 3.8) is 0 Å². The molecule has 0 radical (unpaired) electrons. The van der Waals surface area contributed by atoms with Crippen LogP contribution in [0.3, 0.4) is 0 Å². The van der Waals surface area contributed by atoms with E-state index in [0.29, 0.717) is 17.0 Å². The molecule has 0 aliphatic carbocycles. The van der Waals surface area contributed by atoms with Gasteiger partial charge in [0.1, 0.15) is 5.75 Å². The van der Waals surface area contributed by atoms with Crippen LogP contribution in [0.1, 0.15) is 10.4 Å². The van der Waals surface area contributed by atoms with Gasteiger partial charge in [0.15, 0.2) is 6.61 Å². The molecule has 94 valence electrons. The van der Waals surface area contributed by atoms with Crippen LogP contribution >= 0.6 is 0 Å². The van der Waals surface area contributed by atoms with Crippen LogP contribution in [0.15, 0.2) is 18.2 Å². The van der Waals surface area contributed by atoms with E-state index in [1.165, 1.54) is 12.1 Å². The highest BCUT2D eigenvalue weighted by atomic mass is 16.5. The molecule has 0 bridgehead atoms. The van der Waals surface area contributed by atoms with E-state index in [9.17, 15) is 14.4 Å². The first-order valence-electron chi connectivity index (χ1n) is 5.19. The molecule has 0 unspecified atom stereocenters. The zero-order valence-electron chi connectivity index (χ0n) is 9.36. The molecule has 7 heteroatoms. The summed E-state index contributed by atoms with van der Waals surface area (Å²) in [6.45, 7) is -0.313. The molecule has 18 heavy (non-hydrogen) atoms. The lowest BCUT2D eigenvalue weighted by Gasteiger charge is -2.18. The number of primary amides is 1. The predicted molar refractivity (Wildman–Crippen MR) is 62.1 cm³/mol. The number of amides is 3. The fourth-order valence-corrected chi connectivity index (χ4v) is 1.49. The van der Waals surface area contributed by atoms with Crippen molar-refractivity contribution in [2.24, 2.45) is 5.73 Å². The van der Waals surface area contributed by atoms with Gasteiger partial charge >= 0.3 is 0 Å². The van der Waals surface area contributed by atoms with E-state index in [2.05, 4.69) is 10.6 Å². The summed E-state index contributed by atoms with van der Waals surface area (Å²) in [4.78, 5) is 33.2. The van der Waals surface area contributed by atoms with Crippen LogP contribution in [-0.2, 0) is 9.59 Å². The van der Waals surface area contributed by atoms with Crippen LogP contribution in [0.2, 0.25) is 0 Å². The molecule has 0 fully saturated rings. The smallest absolute Gasteiger partial charge is 0.262 e. The number of nitrogens with one attached hydrogen (secondary N) is 2. The lowest BCUT2D eigenvalue weighted by molar-refractivity contribution is -0.119. The van der Waals surface area contributed by atoms with E-state index in [1.54, 1.807) is 6.07 Å². The SMILES string of the molecule is NC(=O)CNC(=O)c1ccc2c(c1)OCC(=O)N2. The molecule has 7 nitrogen and oxygen atoms in total. The summed E-state index contributed by atoms with van der Waals surface area (Å²) < 4.78 is 5.17. The molecular weight excluding hydrogens is 238 g/mol. The maximum absolute atomic E-state index is 11.6. The van der Waals surface area contributed by atoms with Crippen molar-refractivity contribution in [1.29, 1.82) is 0 Å². The lowest BCUT2D eigenvalue weighted by Crippen LogP contribution is -2.33. The fourth-order valence-electron chi connectivity index (χ4n) is 1.49. The second-order valence-electron chi connectivity index (χ2n) is 3.70. The fraction of sp³-hybridized carbons (Fsp3) is 0.182. The Bertz CT molecular complexity index is 527. The van der Waals surface area contributed by atoms with Crippen LogP contribution < -0.4 is 21.1 Å². The second-order valence-corrected chi connectivity index (χ2v) is 3.70. The van der Waals surface area contributed by atoms with E-state index in [0.717, 1.165) is 0 Å². The normalized spacial score (nSPS) is 13.0. The number of fused-ring (bicyclic) bond motifs is 1. The van der Waals surface area contributed by atoms with Crippen LogP contribution in [0.5, 0.6) is 5.75 Å². The highest BCUT2D eigenvalue weighted by molar-refractivity contribution is 5.99. The molecule has 1 aliphatic heterocycles. The number of rotatable bonds is 3. The Morgan fingerprint density at radius 3 is 2.94 bits per heavy atom. The highest BCUT2D eigenvalue weighted by Gasteiger charge is 2.17. The molecule has 1 heterocycles. The van der Waals surface area contributed by atoms with E-state index in [4.69, 9.17) is 10.5 Å². The van der Waals surface area contributed by atoms with Gasteiger partial charge in [-0.15, -0.1) is 0 Å². The number of carbonyl (C=O) groups is 3. The predicted octanol–water partition coefficient (Wildman–Crippen LogP) is -0.767. The zero-order valence-corrected chi connectivity index (χ0v) is 9.36. The van der Waals surface area contributed by atoms with Crippen LogP contribution in [0.4, 0.5) is 5.69 Å². The Kier molecular flexibility index (Phi) is 3.13. The van der Waals surface area contributed by atoms with Gasteiger partial charge in [-0.1, -0.05) is 0 Å². The number of nitrogens with two attached hydrogens (primary N) is 1.